The Morgan fingerprint density at radius 3 is 2.62 bits per heavy atom. The van der Waals surface area contributed by atoms with Gasteiger partial charge in [0, 0.05) is 0 Å². The Kier molecular flexibility index (Phi) is 5.19. The van der Waals surface area contributed by atoms with Crippen LogP contribution in [0.15, 0.2) is 30.3 Å². The Hall–Kier alpha value is -1.16. The van der Waals surface area contributed by atoms with E-state index in [2.05, 4.69) is 4.74 Å². The third-order valence-electron chi connectivity index (χ3n) is 1.91. The third-order valence-corrected chi connectivity index (χ3v) is 2.81. The first-order valence-corrected chi connectivity index (χ1v) is 5.54. The summed E-state index contributed by atoms with van der Waals surface area (Å²) in [6.45, 7) is 1.53. The first-order chi connectivity index (χ1) is 7.65. The number of esters is 1. The van der Waals surface area contributed by atoms with Gasteiger partial charge in [-0.2, -0.15) is 0 Å². The predicted molar refractivity (Wildman–Crippen MR) is 60.5 cm³/mol. The van der Waals surface area contributed by atoms with E-state index in [1.165, 1.54) is 14.0 Å². The highest BCUT2D eigenvalue weighted by molar-refractivity contribution is 7.29. The topological polar surface area (TPSA) is 59.0 Å². The molecule has 1 N–H and O–H groups in total. The summed E-state index contributed by atoms with van der Waals surface area (Å²) in [5.74, 6) is 0.128. The second kappa shape index (κ2) is 6.43. The smallest absolute Gasteiger partial charge is 0.325 e. The molecule has 0 saturated heterocycles. The molecule has 0 bridgehead atoms. The minimum atomic E-state index is -0.743. The number of hydrogen-bond donors (Lipinski definition) is 1. The van der Waals surface area contributed by atoms with Crippen LogP contribution in [0.4, 0.5) is 0 Å². The number of nitrogens with zero attached hydrogens (tertiary/aromatic N) is 1. The van der Waals surface area contributed by atoms with Crippen molar-refractivity contribution in [3.05, 3.63) is 30.3 Å². The van der Waals surface area contributed by atoms with Crippen LogP contribution in [-0.4, -0.2) is 29.2 Å². The van der Waals surface area contributed by atoms with Crippen LogP contribution in [0.3, 0.4) is 0 Å². The van der Waals surface area contributed by atoms with E-state index >= 15 is 0 Å². The second-order valence-corrected chi connectivity index (χ2v) is 3.90. The van der Waals surface area contributed by atoms with Gasteiger partial charge in [-0.3, -0.25) is 4.79 Å². The third kappa shape index (κ3) is 3.77. The van der Waals surface area contributed by atoms with Crippen molar-refractivity contribution in [3.63, 3.8) is 0 Å². The number of benzene rings is 1. The van der Waals surface area contributed by atoms with Gasteiger partial charge in [-0.1, -0.05) is 18.2 Å². The Morgan fingerprint density at radius 2 is 2.06 bits per heavy atom. The Bertz CT molecular complexity index is 333. The van der Waals surface area contributed by atoms with Gasteiger partial charge >= 0.3 is 5.97 Å². The zero-order valence-electron chi connectivity index (χ0n) is 9.08. The van der Waals surface area contributed by atoms with E-state index in [0.717, 1.165) is 4.83 Å². The average molecular weight is 243 g/mol. The lowest BCUT2D eigenvalue weighted by atomic mass is 10.3. The fraction of sp³-hybridized carbons (Fsp3) is 0.300. The number of rotatable bonds is 5. The van der Waals surface area contributed by atoms with Gasteiger partial charge in [0.2, 0.25) is 0 Å². The summed E-state index contributed by atoms with van der Waals surface area (Å²) in [5.41, 5.74) is 0. The molecule has 2 atom stereocenters. The lowest BCUT2D eigenvalue weighted by molar-refractivity contribution is -0.153. The summed E-state index contributed by atoms with van der Waals surface area (Å²) >= 11 is 0. The molecule has 1 aromatic carbocycles. The largest absolute Gasteiger partial charge is 0.468 e. The summed E-state index contributed by atoms with van der Waals surface area (Å²) in [6, 6.07) is 8.31. The van der Waals surface area contributed by atoms with Gasteiger partial charge in [-0.25, -0.2) is 0 Å². The molecular formula is C10H14NO4P. The van der Waals surface area contributed by atoms with Crippen molar-refractivity contribution < 1.29 is 19.3 Å². The van der Waals surface area contributed by atoms with Crippen molar-refractivity contribution in [2.75, 3.05) is 7.11 Å². The number of methoxy groups -OCH3 is 1. The first-order valence-electron chi connectivity index (χ1n) is 4.68. The van der Waals surface area contributed by atoms with Crippen LogP contribution >= 0.6 is 8.96 Å². The fourth-order valence-electron chi connectivity index (χ4n) is 0.937. The molecule has 1 aromatic rings. The van der Waals surface area contributed by atoms with Crippen LogP contribution in [0.1, 0.15) is 6.92 Å². The average Bonchev–Trinajstić information content (AvgIpc) is 2.35. The minimum Gasteiger partial charge on any atom is -0.468 e. The zero-order chi connectivity index (χ0) is 12.0. The Morgan fingerprint density at radius 1 is 1.44 bits per heavy atom. The Labute approximate surface area is 95.8 Å². The highest BCUT2D eigenvalue weighted by atomic mass is 31.1. The molecule has 0 fully saturated rings. The van der Waals surface area contributed by atoms with Crippen LogP contribution < -0.4 is 4.52 Å². The fourth-order valence-corrected chi connectivity index (χ4v) is 1.54. The number of carbonyl (C=O) groups excluding carboxylic acids is 1. The van der Waals surface area contributed by atoms with E-state index in [1.807, 2.05) is 18.2 Å². The van der Waals surface area contributed by atoms with Crippen LogP contribution in [0, 0.1) is 0 Å². The highest BCUT2D eigenvalue weighted by Crippen LogP contribution is 2.24. The second-order valence-electron chi connectivity index (χ2n) is 3.05. The van der Waals surface area contributed by atoms with Crippen molar-refractivity contribution in [1.29, 1.82) is 0 Å². The maximum absolute atomic E-state index is 11.1. The molecular weight excluding hydrogens is 229 g/mol. The molecule has 1 unspecified atom stereocenters. The summed E-state index contributed by atoms with van der Waals surface area (Å²) in [6.07, 6.45) is 0. The number of hydrogen-bond acceptors (Lipinski definition) is 5. The lowest BCUT2D eigenvalue weighted by Gasteiger charge is -2.19. The van der Waals surface area contributed by atoms with Crippen LogP contribution in [-0.2, 0) is 9.53 Å². The van der Waals surface area contributed by atoms with Gasteiger partial charge in [-0.05, 0) is 19.1 Å². The van der Waals surface area contributed by atoms with Crippen molar-refractivity contribution in [2.45, 2.75) is 13.0 Å². The van der Waals surface area contributed by atoms with Crippen LogP contribution in [0.5, 0.6) is 5.75 Å². The molecule has 0 amide bonds. The van der Waals surface area contributed by atoms with Crippen molar-refractivity contribution in [2.24, 2.45) is 0 Å². The molecule has 5 nitrogen and oxygen atoms in total. The van der Waals surface area contributed by atoms with Gasteiger partial charge < -0.3 is 14.5 Å². The summed E-state index contributed by atoms with van der Waals surface area (Å²) in [7, 11) is 0.919. The lowest BCUT2D eigenvalue weighted by Crippen LogP contribution is -2.32. The van der Waals surface area contributed by atoms with Gasteiger partial charge in [0.1, 0.15) is 11.8 Å². The van der Waals surface area contributed by atoms with Crippen molar-refractivity contribution in [3.8, 4) is 5.75 Å². The van der Waals surface area contributed by atoms with Gasteiger partial charge in [0.25, 0.3) is 0 Å². The van der Waals surface area contributed by atoms with Crippen LogP contribution in [0.25, 0.3) is 0 Å². The van der Waals surface area contributed by atoms with E-state index in [0.29, 0.717) is 5.75 Å². The van der Waals surface area contributed by atoms with E-state index < -0.39 is 12.0 Å². The molecule has 0 aliphatic rings. The molecule has 0 aliphatic carbocycles. The first kappa shape index (κ1) is 12.9. The number of ether oxygens (including phenoxy) is 1. The predicted octanol–water partition coefficient (Wildman–Crippen LogP) is 1.83. The van der Waals surface area contributed by atoms with Gasteiger partial charge in [0.05, 0.1) is 7.11 Å². The van der Waals surface area contributed by atoms with Gasteiger partial charge in [-0.15, -0.1) is 4.83 Å². The normalized spacial score (nSPS) is 13.0. The molecule has 0 radical (unpaired) electrons. The monoisotopic (exact) mass is 243 g/mol. The molecule has 16 heavy (non-hydrogen) atoms. The number of hydroxylamine groups is 1. The number of para-hydroxylation sites is 1. The van der Waals surface area contributed by atoms with E-state index in [9.17, 15) is 10.0 Å². The molecule has 88 valence electrons. The maximum atomic E-state index is 11.1. The standard InChI is InChI=1S/C10H14NO4P/c1-8(10(12)14-2)11(13)16-15-9-6-4-3-5-7-9/h3-8,13,16H,1-2H3/t8-/m0/s1. The molecule has 0 spiro atoms. The molecule has 0 aliphatic heterocycles. The van der Waals surface area contributed by atoms with E-state index in [1.54, 1.807) is 12.1 Å². The summed E-state index contributed by atoms with van der Waals surface area (Å²) in [5, 5.41) is 9.50. The molecule has 0 aromatic heterocycles. The van der Waals surface area contributed by atoms with E-state index in [4.69, 9.17) is 4.52 Å². The quantitative estimate of drug-likeness (QED) is 0.485. The minimum absolute atomic E-state index is 0.352. The molecule has 0 heterocycles. The molecule has 6 heteroatoms. The number of carbonyl (C=O) groups is 1. The van der Waals surface area contributed by atoms with Crippen molar-refractivity contribution in [1.82, 2.24) is 4.83 Å². The maximum Gasteiger partial charge on any atom is 0.325 e. The highest BCUT2D eigenvalue weighted by Gasteiger charge is 2.21. The zero-order valence-corrected chi connectivity index (χ0v) is 10.1. The summed E-state index contributed by atoms with van der Waals surface area (Å²) in [4.78, 5) is 11.9. The van der Waals surface area contributed by atoms with E-state index in [-0.39, 0.29) is 8.96 Å². The Balaban J connectivity index is 2.41. The SMILES string of the molecule is COC(=O)[C@H](C)N(O)POc1ccccc1. The van der Waals surface area contributed by atoms with Gasteiger partial charge in [0.15, 0.2) is 8.96 Å². The molecule has 0 saturated carbocycles. The molecule has 1 rings (SSSR count). The van der Waals surface area contributed by atoms with Crippen molar-refractivity contribution >= 4 is 14.9 Å². The van der Waals surface area contributed by atoms with Crippen LogP contribution in [0.2, 0.25) is 0 Å². The summed E-state index contributed by atoms with van der Waals surface area (Å²) < 4.78 is 9.77.